The van der Waals surface area contributed by atoms with Gasteiger partial charge in [0.25, 0.3) is 5.91 Å². The van der Waals surface area contributed by atoms with Crippen molar-refractivity contribution in [2.75, 3.05) is 12.0 Å². The third-order valence-electron chi connectivity index (χ3n) is 4.81. The standard InChI is InChI=1S/C23H18ClNO4/c1-28-23(27)16-12-10-15(11-13-16)20-21(29-19-8-3-2-4-9-19)22(26)25(20)18-7-5-6-17(24)14-18/h2-14,20-21H,1H3/t20-,21+/m0/s1. The molecule has 3 aromatic carbocycles. The van der Waals surface area contributed by atoms with Gasteiger partial charge in [-0.3, -0.25) is 9.69 Å². The number of β-lactam (4-membered cyclic amide) rings is 1. The predicted molar refractivity (Wildman–Crippen MR) is 110 cm³/mol. The third kappa shape index (κ3) is 3.69. The van der Waals surface area contributed by atoms with Crippen molar-refractivity contribution in [2.45, 2.75) is 12.1 Å². The number of benzene rings is 3. The van der Waals surface area contributed by atoms with E-state index in [0.29, 0.717) is 22.0 Å². The predicted octanol–water partition coefficient (Wildman–Crippen LogP) is 4.66. The summed E-state index contributed by atoms with van der Waals surface area (Å²) in [5, 5.41) is 0.544. The average molecular weight is 408 g/mol. The van der Waals surface area contributed by atoms with E-state index in [0.717, 1.165) is 5.56 Å². The zero-order chi connectivity index (χ0) is 20.4. The van der Waals surface area contributed by atoms with Gasteiger partial charge in [-0.05, 0) is 48.0 Å². The third-order valence-corrected chi connectivity index (χ3v) is 5.05. The number of rotatable bonds is 5. The van der Waals surface area contributed by atoms with Gasteiger partial charge in [0.1, 0.15) is 11.8 Å². The fraction of sp³-hybridized carbons (Fsp3) is 0.130. The van der Waals surface area contributed by atoms with Crippen LogP contribution in [0, 0.1) is 0 Å². The highest BCUT2D eigenvalue weighted by Crippen LogP contribution is 2.41. The topological polar surface area (TPSA) is 55.8 Å². The van der Waals surface area contributed by atoms with Gasteiger partial charge in [-0.2, -0.15) is 0 Å². The number of para-hydroxylation sites is 1. The summed E-state index contributed by atoms with van der Waals surface area (Å²) in [6, 6.07) is 23.0. The number of esters is 1. The summed E-state index contributed by atoms with van der Waals surface area (Å²) in [5.74, 6) is 0.0518. The fourth-order valence-electron chi connectivity index (χ4n) is 3.39. The van der Waals surface area contributed by atoms with Crippen LogP contribution in [0.4, 0.5) is 5.69 Å². The maximum Gasteiger partial charge on any atom is 0.337 e. The van der Waals surface area contributed by atoms with Gasteiger partial charge in [-0.1, -0.05) is 48.0 Å². The molecule has 0 radical (unpaired) electrons. The summed E-state index contributed by atoms with van der Waals surface area (Å²) >= 11 is 6.13. The molecule has 146 valence electrons. The van der Waals surface area contributed by atoms with Crippen LogP contribution in [0.25, 0.3) is 0 Å². The summed E-state index contributed by atoms with van der Waals surface area (Å²) < 4.78 is 10.7. The molecule has 1 amide bonds. The molecule has 0 aliphatic carbocycles. The highest BCUT2D eigenvalue weighted by atomic mass is 35.5. The Hall–Kier alpha value is -3.31. The maximum atomic E-state index is 13.0. The van der Waals surface area contributed by atoms with Gasteiger partial charge in [0, 0.05) is 10.7 Å². The van der Waals surface area contributed by atoms with Crippen molar-refractivity contribution in [1.82, 2.24) is 0 Å². The molecule has 0 spiro atoms. The number of hydrogen-bond donors (Lipinski definition) is 0. The second kappa shape index (κ2) is 7.97. The molecule has 1 aliphatic heterocycles. The second-order valence-electron chi connectivity index (χ2n) is 6.60. The minimum atomic E-state index is -0.680. The first-order valence-corrected chi connectivity index (χ1v) is 9.45. The Balaban J connectivity index is 1.68. The van der Waals surface area contributed by atoms with E-state index >= 15 is 0 Å². The van der Waals surface area contributed by atoms with Crippen molar-refractivity contribution in [1.29, 1.82) is 0 Å². The molecule has 1 aliphatic rings. The van der Waals surface area contributed by atoms with E-state index in [1.54, 1.807) is 35.2 Å². The molecule has 0 saturated carbocycles. The molecule has 6 heteroatoms. The molecule has 0 N–H and O–H groups in total. The van der Waals surface area contributed by atoms with Crippen LogP contribution in [0.15, 0.2) is 78.9 Å². The maximum absolute atomic E-state index is 13.0. The lowest BCUT2D eigenvalue weighted by Crippen LogP contribution is -2.61. The molecule has 1 saturated heterocycles. The lowest BCUT2D eigenvalue weighted by atomic mass is 9.89. The average Bonchev–Trinajstić information content (AvgIpc) is 2.76. The minimum absolute atomic E-state index is 0.154. The van der Waals surface area contributed by atoms with Gasteiger partial charge >= 0.3 is 5.97 Å². The van der Waals surface area contributed by atoms with Crippen LogP contribution in [0.1, 0.15) is 22.0 Å². The Morgan fingerprint density at radius 1 is 0.966 bits per heavy atom. The van der Waals surface area contributed by atoms with E-state index in [-0.39, 0.29) is 11.9 Å². The van der Waals surface area contributed by atoms with Gasteiger partial charge in [-0.25, -0.2) is 4.79 Å². The lowest BCUT2D eigenvalue weighted by molar-refractivity contribution is -0.135. The summed E-state index contributed by atoms with van der Waals surface area (Å²) in [5.41, 5.74) is 1.98. The minimum Gasteiger partial charge on any atom is -0.478 e. The zero-order valence-corrected chi connectivity index (χ0v) is 16.4. The molecular formula is C23H18ClNO4. The molecule has 0 unspecified atom stereocenters. The largest absolute Gasteiger partial charge is 0.478 e. The number of carbonyl (C=O) groups is 2. The molecule has 0 aromatic heterocycles. The van der Waals surface area contributed by atoms with Crippen LogP contribution in [-0.2, 0) is 9.53 Å². The van der Waals surface area contributed by atoms with Crippen molar-refractivity contribution in [3.63, 3.8) is 0 Å². The van der Waals surface area contributed by atoms with Gasteiger partial charge in [0.05, 0.1) is 12.7 Å². The quantitative estimate of drug-likeness (QED) is 0.456. The van der Waals surface area contributed by atoms with Gasteiger partial charge in [-0.15, -0.1) is 0 Å². The van der Waals surface area contributed by atoms with Crippen LogP contribution in [0.3, 0.4) is 0 Å². The van der Waals surface area contributed by atoms with Crippen LogP contribution in [-0.4, -0.2) is 25.1 Å². The monoisotopic (exact) mass is 407 g/mol. The summed E-state index contributed by atoms with van der Waals surface area (Å²) in [7, 11) is 1.34. The Morgan fingerprint density at radius 3 is 2.34 bits per heavy atom. The SMILES string of the molecule is COC(=O)c1ccc([C@H]2[C@@H](Oc3ccccc3)C(=O)N2c2cccc(Cl)c2)cc1. The Kier molecular flexibility index (Phi) is 5.23. The Labute approximate surface area is 173 Å². The zero-order valence-electron chi connectivity index (χ0n) is 15.6. The first-order chi connectivity index (χ1) is 14.1. The highest BCUT2D eigenvalue weighted by molar-refractivity contribution is 6.31. The molecular weight excluding hydrogens is 390 g/mol. The molecule has 4 rings (SSSR count). The summed E-state index contributed by atoms with van der Waals surface area (Å²) in [6.07, 6.45) is -0.680. The normalized spacial score (nSPS) is 18.1. The molecule has 29 heavy (non-hydrogen) atoms. The fourth-order valence-corrected chi connectivity index (χ4v) is 3.58. The van der Waals surface area contributed by atoms with E-state index in [1.165, 1.54) is 7.11 Å². The number of amides is 1. The second-order valence-corrected chi connectivity index (χ2v) is 7.03. The number of methoxy groups -OCH3 is 1. The van der Waals surface area contributed by atoms with Crippen LogP contribution in [0.2, 0.25) is 5.02 Å². The number of halogens is 1. The number of ether oxygens (including phenoxy) is 2. The first-order valence-electron chi connectivity index (χ1n) is 9.07. The number of nitrogens with zero attached hydrogens (tertiary/aromatic N) is 1. The van der Waals surface area contributed by atoms with Gasteiger partial charge < -0.3 is 9.47 Å². The number of carbonyl (C=O) groups excluding carboxylic acids is 2. The van der Waals surface area contributed by atoms with Gasteiger partial charge in [0.2, 0.25) is 6.10 Å². The number of anilines is 1. The Morgan fingerprint density at radius 2 is 1.69 bits per heavy atom. The molecule has 5 nitrogen and oxygen atoms in total. The molecule has 2 atom stereocenters. The molecule has 0 bridgehead atoms. The lowest BCUT2D eigenvalue weighted by Gasteiger charge is -2.46. The van der Waals surface area contributed by atoms with E-state index < -0.39 is 12.1 Å². The van der Waals surface area contributed by atoms with E-state index in [2.05, 4.69) is 0 Å². The van der Waals surface area contributed by atoms with E-state index in [1.807, 2.05) is 48.5 Å². The summed E-state index contributed by atoms with van der Waals surface area (Å²) in [4.78, 5) is 26.4. The van der Waals surface area contributed by atoms with Gasteiger partial charge in [0.15, 0.2) is 0 Å². The van der Waals surface area contributed by atoms with Crippen molar-refractivity contribution in [3.8, 4) is 5.75 Å². The summed E-state index contributed by atoms with van der Waals surface area (Å²) in [6.45, 7) is 0. The van der Waals surface area contributed by atoms with E-state index in [4.69, 9.17) is 21.1 Å². The molecule has 3 aromatic rings. The first kappa shape index (κ1) is 19.0. The van der Waals surface area contributed by atoms with Crippen LogP contribution >= 0.6 is 11.6 Å². The highest BCUT2D eigenvalue weighted by Gasteiger charge is 2.51. The van der Waals surface area contributed by atoms with Crippen molar-refractivity contribution < 1.29 is 19.1 Å². The smallest absolute Gasteiger partial charge is 0.337 e. The van der Waals surface area contributed by atoms with Crippen molar-refractivity contribution in [3.05, 3.63) is 95.0 Å². The van der Waals surface area contributed by atoms with E-state index in [9.17, 15) is 9.59 Å². The molecule has 1 heterocycles. The number of hydrogen-bond acceptors (Lipinski definition) is 4. The van der Waals surface area contributed by atoms with Crippen LogP contribution < -0.4 is 9.64 Å². The van der Waals surface area contributed by atoms with Crippen LogP contribution in [0.5, 0.6) is 5.75 Å². The Bertz CT molecular complexity index is 1040. The van der Waals surface area contributed by atoms with Crippen molar-refractivity contribution in [2.24, 2.45) is 0 Å². The van der Waals surface area contributed by atoms with Crippen molar-refractivity contribution >= 4 is 29.2 Å². The molecule has 1 fully saturated rings.